The van der Waals surface area contributed by atoms with E-state index in [1.165, 1.54) is 0 Å². The molecule has 1 aromatic carbocycles. The molecule has 80 valence electrons. The average molecular weight is 203 g/mol. The summed E-state index contributed by atoms with van der Waals surface area (Å²) in [7, 11) is 0. The molecule has 1 atom stereocenters. The number of aliphatic hydroxyl groups excluding tert-OH is 1. The maximum atomic E-state index is 9.43. The SMILES string of the molecule is CCCC[C@](C#N)(CO)c1ccccc1. The molecule has 0 bridgehead atoms. The Kier molecular flexibility index (Phi) is 4.33. The molecule has 0 aliphatic heterocycles. The Morgan fingerprint density at radius 3 is 2.47 bits per heavy atom. The van der Waals surface area contributed by atoms with E-state index in [0.717, 1.165) is 24.8 Å². The van der Waals surface area contributed by atoms with Gasteiger partial charge in [-0.15, -0.1) is 0 Å². The summed E-state index contributed by atoms with van der Waals surface area (Å²) in [5.41, 5.74) is 0.209. The van der Waals surface area contributed by atoms with Crippen molar-refractivity contribution in [1.82, 2.24) is 0 Å². The van der Waals surface area contributed by atoms with Gasteiger partial charge in [0.2, 0.25) is 0 Å². The highest BCUT2D eigenvalue weighted by Crippen LogP contribution is 2.28. The zero-order valence-electron chi connectivity index (χ0n) is 9.11. The Morgan fingerprint density at radius 1 is 1.33 bits per heavy atom. The van der Waals surface area contributed by atoms with Gasteiger partial charge in [-0.2, -0.15) is 5.26 Å². The lowest BCUT2D eigenvalue weighted by atomic mass is 9.78. The number of unbranched alkanes of at least 4 members (excludes halogenated alkanes) is 1. The number of rotatable bonds is 5. The number of nitrogens with zero attached hydrogens (tertiary/aromatic N) is 1. The summed E-state index contributed by atoms with van der Waals surface area (Å²) < 4.78 is 0. The molecule has 0 saturated heterocycles. The number of nitriles is 1. The molecule has 0 heterocycles. The standard InChI is InChI=1S/C13H17NO/c1-2-3-9-13(10-14,11-15)12-7-5-4-6-8-12/h4-8,15H,2-3,9,11H2,1H3/t13-/m0/s1. The summed E-state index contributed by atoms with van der Waals surface area (Å²) in [6.45, 7) is 1.98. The average Bonchev–Trinajstić information content (AvgIpc) is 2.33. The van der Waals surface area contributed by atoms with Gasteiger partial charge in [0, 0.05) is 0 Å². The van der Waals surface area contributed by atoms with Gasteiger partial charge in [0.05, 0.1) is 12.7 Å². The van der Waals surface area contributed by atoms with Gasteiger partial charge in [-0.3, -0.25) is 0 Å². The molecule has 15 heavy (non-hydrogen) atoms. The Bertz CT molecular complexity index is 328. The molecule has 1 rings (SSSR count). The van der Waals surface area contributed by atoms with Crippen LogP contribution in [0.15, 0.2) is 30.3 Å². The van der Waals surface area contributed by atoms with Crippen LogP contribution in [0, 0.1) is 11.3 Å². The molecule has 2 heteroatoms. The third kappa shape index (κ3) is 2.57. The molecule has 2 nitrogen and oxygen atoms in total. The van der Waals surface area contributed by atoms with Crippen molar-refractivity contribution in [2.24, 2.45) is 0 Å². The molecule has 1 N–H and O–H groups in total. The van der Waals surface area contributed by atoms with Crippen molar-refractivity contribution >= 4 is 0 Å². The van der Waals surface area contributed by atoms with E-state index < -0.39 is 5.41 Å². The maximum Gasteiger partial charge on any atom is 0.105 e. The fourth-order valence-electron chi connectivity index (χ4n) is 1.71. The van der Waals surface area contributed by atoms with Crippen molar-refractivity contribution in [3.63, 3.8) is 0 Å². The van der Waals surface area contributed by atoms with Gasteiger partial charge >= 0.3 is 0 Å². The van der Waals surface area contributed by atoms with E-state index >= 15 is 0 Å². The summed E-state index contributed by atoms with van der Waals surface area (Å²) in [6, 6.07) is 11.8. The highest BCUT2D eigenvalue weighted by molar-refractivity contribution is 5.32. The van der Waals surface area contributed by atoms with Crippen molar-refractivity contribution in [3.8, 4) is 6.07 Å². The Morgan fingerprint density at radius 2 is 2.00 bits per heavy atom. The third-order valence-electron chi connectivity index (χ3n) is 2.77. The smallest absolute Gasteiger partial charge is 0.105 e. The van der Waals surface area contributed by atoms with Crippen LogP contribution < -0.4 is 0 Å². The summed E-state index contributed by atoms with van der Waals surface area (Å²) in [6.07, 6.45) is 2.72. The van der Waals surface area contributed by atoms with E-state index in [9.17, 15) is 10.4 Å². The quantitative estimate of drug-likeness (QED) is 0.799. The van der Waals surface area contributed by atoms with E-state index in [-0.39, 0.29) is 6.61 Å². The molecule has 0 aromatic heterocycles. The molecule has 0 saturated carbocycles. The molecule has 0 aliphatic rings. The Hall–Kier alpha value is -1.33. The number of hydrogen-bond acceptors (Lipinski definition) is 2. The topological polar surface area (TPSA) is 44.0 Å². The normalized spacial score (nSPS) is 14.2. The van der Waals surface area contributed by atoms with Gasteiger partial charge in [-0.1, -0.05) is 50.1 Å². The zero-order chi connectivity index (χ0) is 11.1. The number of aliphatic hydroxyl groups is 1. The van der Waals surface area contributed by atoms with Crippen molar-refractivity contribution < 1.29 is 5.11 Å². The zero-order valence-corrected chi connectivity index (χ0v) is 9.11. The first-order valence-electron chi connectivity index (χ1n) is 5.36. The summed E-state index contributed by atoms with van der Waals surface area (Å²) in [4.78, 5) is 0. The second-order valence-corrected chi connectivity index (χ2v) is 3.82. The van der Waals surface area contributed by atoms with E-state index in [1.807, 2.05) is 30.3 Å². The van der Waals surface area contributed by atoms with E-state index in [4.69, 9.17) is 0 Å². The van der Waals surface area contributed by atoms with Crippen LogP contribution in [-0.4, -0.2) is 11.7 Å². The predicted molar refractivity (Wildman–Crippen MR) is 60.3 cm³/mol. The van der Waals surface area contributed by atoms with Crippen molar-refractivity contribution in [1.29, 1.82) is 5.26 Å². The molecule has 0 amide bonds. The fourth-order valence-corrected chi connectivity index (χ4v) is 1.71. The number of hydrogen-bond donors (Lipinski definition) is 1. The highest BCUT2D eigenvalue weighted by atomic mass is 16.3. The van der Waals surface area contributed by atoms with Gasteiger partial charge < -0.3 is 5.11 Å². The van der Waals surface area contributed by atoms with Crippen molar-refractivity contribution in [2.45, 2.75) is 31.6 Å². The summed E-state index contributed by atoms with van der Waals surface area (Å²) in [5.74, 6) is 0. The minimum atomic E-state index is -0.711. The van der Waals surface area contributed by atoms with Crippen molar-refractivity contribution in [2.75, 3.05) is 6.61 Å². The Balaban J connectivity index is 2.96. The van der Waals surface area contributed by atoms with Crippen molar-refractivity contribution in [3.05, 3.63) is 35.9 Å². The minimum Gasteiger partial charge on any atom is -0.394 e. The molecule has 0 aliphatic carbocycles. The van der Waals surface area contributed by atoms with Gasteiger partial charge in [0.1, 0.15) is 5.41 Å². The van der Waals surface area contributed by atoms with E-state index in [0.29, 0.717) is 0 Å². The van der Waals surface area contributed by atoms with Gasteiger partial charge in [0.25, 0.3) is 0 Å². The van der Waals surface area contributed by atoms with Crippen LogP contribution in [0.4, 0.5) is 0 Å². The minimum absolute atomic E-state index is 0.104. The van der Waals surface area contributed by atoms with E-state index in [1.54, 1.807) is 0 Å². The lowest BCUT2D eigenvalue weighted by Gasteiger charge is -2.24. The summed E-state index contributed by atoms with van der Waals surface area (Å²) >= 11 is 0. The largest absolute Gasteiger partial charge is 0.394 e. The molecular weight excluding hydrogens is 186 g/mol. The first-order chi connectivity index (χ1) is 7.29. The van der Waals surface area contributed by atoms with Crippen LogP contribution in [0.3, 0.4) is 0 Å². The number of benzene rings is 1. The van der Waals surface area contributed by atoms with Gasteiger partial charge in [0.15, 0.2) is 0 Å². The van der Waals surface area contributed by atoms with Crippen LogP contribution in [0.5, 0.6) is 0 Å². The molecule has 1 aromatic rings. The predicted octanol–water partition coefficient (Wildman–Crippen LogP) is 2.63. The van der Waals surface area contributed by atoms with Crippen LogP contribution in [0.2, 0.25) is 0 Å². The van der Waals surface area contributed by atoms with Crippen LogP contribution in [-0.2, 0) is 5.41 Å². The molecule has 0 spiro atoms. The van der Waals surface area contributed by atoms with Crippen LogP contribution >= 0.6 is 0 Å². The van der Waals surface area contributed by atoms with Gasteiger partial charge in [-0.25, -0.2) is 0 Å². The second-order valence-electron chi connectivity index (χ2n) is 3.82. The first-order valence-corrected chi connectivity index (χ1v) is 5.36. The monoisotopic (exact) mass is 203 g/mol. The molecule has 0 radical (unpaired) electrons. The maximum absolute atomic E-state index is 9.43. The highest BCUT2D eigenvalue weighted by Gasteiger charge is 2.30. The van der Waals surface area contributed by atoms with E-state index in [2.05, 4.69) is 13.0 Å². The molecule has 0 fully saturated rings. The molecular formula is C13H17NO. The third-order valence-corrected chi connectivity index (χ3v) is 2.77. The van der Waals surface area contributed by atoms with Gasteiger partial charge in [-0.05, 0) is 12.0 Å². The molecule has 0 unspecified atom stereocenters. The second kappa shape index (κ2) is 5.53. The Labute approximate surface area is 91.2 Å². The lowest BCUT2D eigenvalue weighted by Crippen LogP contribution is -2.28. The first kappa shape index (κ1) is 11.7. The van der Waals surface area contributed by atoms with Crippen LogP contribution in [0.1, 0.15) is 31.7 Å². The fraction of sp³-hybridized carbons (Fsp3) is 0.462. The lowest BCUT2D eigenvalue weighted by molar-refractivity contribution is 0.219. The summed E-state index contributed by atoms with van der Waals surface area (Å²) in [5, 5.41) is 18.7. The van der Waals surface area contributed by atoms with Crippen LogP contribution in [0.25, 0.3) is 0 Å².